The van der Waals surface area contributed by atoms with E-state index < -0.39 is 0 Å². The quantitative estimate of drug-likeness (QED) is 0.776. The van der Waals surface area contributed by atoms with Gasteiger partial charge in [0.05, 0.1) is 24.4 Å². The molecule has 1 saturated heterocycles. The lowest BCUT2D eigenvalue weighted by Crippen LogP contribution is -2.49. The smallest absolute Gasteiger partial charge is 0.263 e. The molecule has 4 heterocycles. The Kier molecular flexibility index (Phi) is 4.53. The number of pyridine rings is 1. The molecule has 0 aromatic carbocycles. The number of rotatable bonds is 4. The van der Waals surface area contributed by atoms with Gasteiger partial charge in [0.25, 0.3) is 5.89 Å². The lowest BCUT2D eigenvalue weighted by atomic mass is 10.0. The first-order valence-corrected chi connectivity index (χ1v) is 8.62. The Morgan fingerprint density at radius 3 is 3.08 bits per heavy atom. The minimum absolute atomic E-state index is 0.0262. The highest BCUT2D eigenvalue weighted by Crippen LogP contribution is 2.25. The van der Waals surface area contributed by atoms with E-state index in [0.29, 0.717) is 36.2 Å². The maximum absolute atomic E-state index is 13.0. The second kappa shape index (κ2) is 7.13. The highest BCUT2D eigenvalue weighted by Gasteiger charge is 2.29. The molecule has 0 aliphatic carbocycles. The molecule has 0 spiro atoms. The Morgan fingerprint density at radius 2 is 2.31 bits per heavy atom. The number of hydrogen-bond acceptors (Lipinski definition) is 6. The number of amides is 1. The number of aryl methyl sites for hydroxylation is 1. The van der Waals surface area contributed by atoms with E-state index in [1.807, 2.05) is 30.2 Å². The van der Waals surface area contributed by atoms with E-state index >= 15 is 0 Å². The predicted octanol–water partition coefficient (Wildman–Crippen LogP) is 2.35. The van der Waals surface area contributed by atoms with Gasteiger partial charge in [-0.1, -0.05) is 6.07 Å². The maximum Gasteiger partial charge on any atom is 0.263 e. The molecule has 3 aromatic heterocycles. The van der Waals surface area contributed by atoms with Crippen molar-refractivity contribution >= 4 is 5.91 Å². The molecule has 1 N–H and O–H groups in total. The second-order valence-electron chi connectivity index (χ2n) is 6.27. The summed E-state index contributed by atoms with van der Waals surface area (Å²) in [5.41, 5.74) is 1.67. The summed E-state index contributed by atoms with van der Waals surface area (Å²) >= 11 is 0. The molecule has 7 heteroatoms. The molecule has 0 radical (unpaired) electrons. The van der Waals surface area contributed by atoms with Crippen LogP contribution in [0.3, 0.4) is 0 Å². The largest absolute Gasteiger partial charge is 0.459 e. The number of carbonyl (C=O) groups excluding carboxylic acids is 1. The van der Waals surface area contributed by atoms with Crippen LogP contribution in [0.5, 0.6) is 0 Å². The standard InChI is InChI=1S/C19H20N4O3/c1-13-15(22-19(26-13)17-5-3-9-25-17)10-18(24)23-8-7-21-12-16(23)14-4-2-6-20-11-14/h2-6,9,11,16,21H,7-8,10,12H2,1H3. The average molecular weight is 352 g/mol. The van der Waals surface area contributed by atoms with Gasteiger partial charge in [-0.25, -0.2) is 4.98 Å². The Hall–Kier alpha value is -2.93. The van der Waals surface area contributed by atoms with Gasteiger partial charge in [-0.2, -0.15) is 0 Å². The van der Waals surface area contributed by atoms with E-state index in [9.17, 15) is 4.79 Å². The van der Waals surface area contributed by atoms with Crippen molar-refractivity contribution in [1.82, 2.24) is 20.2 Å². The zero-order chi connectivity index (χ0) is 17.9. The van der Waals surface area contributed by atoms with Crippen molar-refractivity contribution in [3.63, 3.8) is 0 Å². The molecule has 1 amide bonds. The minimum atomic E-state index is -0.0262. The fraction of sp³-hybridized carbons (Fsp3) is 0.316. The number of furan rings is 1. The van der Waals surface area contributed by atoms with Crippen molar-refractivity contribution in [2.75, 3.05) is 19.6 Å². The summed E-state index contributed by atoms with van der Waals surface area (Å²) in [5, 5.41) is 3.35. The van der Waals surface area contributed by atoms with Crippen LogP contribution in [0.15, 0.2) is 51.8 Å². The zero-order valence-electron chi connectivity index (χ0n) is 14.5. The lowest BCUT2D eigenvalue weighted by Gasteiger charge is -2.36. The Labute approximate surface area is 151 Å². The summed E-state index contributed by atoms with van der Waals surface area (Å²) < 4.78 is 11.0. The normalized spacial score (nSPS) is 17.4. The van der Waals surface area contributed by atoms with Crippen LogP contribution in [-0.4, -0.2) is 40.4 Å². The van der Waals surface area contributed by atoms with Gasteiger partial charge in [-0.05, 0) is 30.7 Å². The number of nitrogens with zero attached hydrogens (tertiary/aromatic N) is 3. The molecule has 1 aliphatic rings. The molecule has 134 valence electrons. The SMILES string of the molecule is Cc1oc(-c2ccco2)nc1CC(=O)N1CCNCC1c1cccnc1. The van der Waals surface area contributed by atoms with Crippen molar-refractivity contribution in [2.45, 2.75) is 19.4 Å². The van der Waals surface area contributed by atoms with Crippen molar-refractivity contribution in [2.24, 2.45) is 0 Å². The van der Waals surface area contributed by atoms with Crippen molar-refractivity contribution in [3.8, 4) is 11.7 Å². The van der Waals surface area contributed by atoms with Gasteiger partial charge in [-0.15, -0.1) is 0 Å². The molecule has 1 aliphatic heterocycles. The Balaban J connectivity index is 1.53. The Morgan fingerprint density at radius 1 is 1.38 bits per heavy atom. The third kappa shape index (κ3) is 3.25. The van der Waals surface area contributed by atoms with Crippen molar-refractivity contribution in [1.29, 1.82) is 0 Å². The average Bonchev–Trinajstić information content (AvgIpc) is 3.33. The van der Waals surface area contributed by atoms with Crippen molar-refractivity contribution in [3.05, 3.63) is 59.9 Å². The summed E-state index contributed by atoms with van der Waals surface area (Å²) in [6.07, 6.45) is 5.32. The summed E-state index contributed by atoms with van der Waals surface area (Å²) in [4.78, 5) is 23.5. The number of aromatic nitrogens is 2. The molecule has 0 saturated carbocycles. The van der Waals surface area contributed by atoms with Gasteiger partial charge in [0.2, 0.25) is 5.91 Å². The molecule has 7 nitrogen and oxygen atoms in total. The maximum atomic E-state index is 13.0. The minimum Gasteiger partial charge on any atom is -0.459 e. The zero-order valence-corrected chi connectivity index (χ0v) is 14.5. The fourth-order valence-electron chi connectivity index (χ4n) is 3.22. The molecule has 4 rings (SSSR count). The van der Waals surface area contributed by atoms with Gasteiger partial charge in [0.1, 0.15) is 5.76 Å². The van der Waals surface area contributed by atoms with Gasteiger partial charge in [-0.3, -0.25) is 9.78 Å². The van der Waals surface area contributed by atoms with Crippen LogP contribution in [0, 0.1) is 6.92 Å². The lowest BCUT2D eigenvalue weighted by molar-refractivity contribution is -0.133. The summed E-state index contributed by atoms with van der Waals surface area (Å²) in [6.45, 7) is 3.96. The molecule has 26 heavy (non-hydrogen) atoms. The predicted molar refractivity (Wildman–Crippen MR) is 94.2 cm³/mol. The highest BCUT2D eigenvalue weighted by molar-refractivity contribution is 5.79. The summed E-state index contributed by atoms with van der Waals surface area (Å²) in [7, 11) is 0. The van der Waals surface area contributed by atoms with E-state index in [2.05, 4.69) is 15.3 Å². The number of nitrogens with one attached hydrogen (secondary N) is 1. The van der Waals surface area contributed by atoms with Crippen LogP contribution in [0.1, 0.15) is 23.1 Å². The van der Waals surface area contributed by atoms with Crippen LogP contribution in [0.2, 0.25) is 0 Å². The van der Waals surface area contributed by atoms with Crippen LogP contribution >= 0.6 is 0 Å². The van der Waals surface area contributed by atoms with Gasteiger partial charge < -0.3 is 19.1 Å². The molecule has 1 fully saturated rings. The van der Waals surface area contributed by atoms with Crippen LogP contribution in [0.25, 0.3) is 11.7 Å². The number of carbonyl (C=O) groups is 1. The third-order valence-electron chi connectivity index (χ3n) is 4.58. The first-order valence-electron chi connectivity index (χ1n) is 8.62. The topological polar surface area (TPSA) is 84.4 Å². The Bertz CT molecular complexity index is 874. The first-order chi connectivity index (χ1) is 12.7. The van der Waals surface area contributed by atoms with Gasteiger partial charge in [0.15, 0.2) is 5.76 Å². The van der Waals surface area contributed by atoms with Crippen LogP contribution in [0.4, 0.5) is 0 Å². The van der Waals surface area contributed by atoms with E-state index in [1.54, 1.807) is 24.6 Å². The van der Waals surface area contributed by atoms with Gasteiger partial charge in [0, 0.05) is 32.0 Å². The third-order valence-corrected chi connectivity index (χ3v) is 4.58. The van der Waals surface area contributed by atoms with Crippen molar-refractivity contribution < 1.29 is 13.6 Å². The summed E-state index contributed by atoms with van der Waals surface area (Å²) in [5.74, 6) is 1.63. The van der Waals surface area contributed by atoms with E-state index in [1.165, 1.54) is 0 Å². The second-order valence-corrected chi connectivity index (χ2v) is 6.27. The fourth-order valence-corrected chi connectivity index (χ4v) is 3.22. The molecular weight excluding hydrogens is 332 g/mol. The van der Waals surface area contributed by atoms with Gasteiger partial charge >= 0.3 is 0 Å². The van der Waals surface area contributed by atoms with Crippen LogP contribution < -0.4 is 5.32 Å². The number of hydrogen-bond donors (Lipinski definition) is 1. The van der Waals surface area contributed by atoms with E-state index in [-0.39, 0.29) is 18.4 Å². The summed E-state index contributed by atoms with van der Waals surface area (Å²) in [6, 6.07) is 7.43. The highest BCUT2D eigenvalue weighted by atomic mass is 16.4. The number of oxazole rings is 1. The molecular formula is C19H20N4O3. The van der Waals surface area contributed by atoms with Crippen LogP contribution in [-0.2, 0) is 11.2 Å². The molecule has 1 unspecified atom stereocenters. The molecule has 1 atom stereocenters. The van der Waals surface area contributed by atoms with E-state index in [4.69, 9.17) is 8.83 Å². The first kappa shape index (κ1) is 16.5. The van der Waals surface area contributed by atoms with E-state index in [0.717, 1.165) is 12.1 Å². The molecule has 0 bridgehead atoms. The molecule has 3 aromatic rings. The number of piperazine rings is 1. The monoisotopic (exact) mass is 352 g/mol.